The number of hydrogen-bond acceptors (Lipinski definition) is 2. The Balaban J connectivity index is 2.78. The van der Waals surface area contributed by atoms with Gasteiger partial charge in [0.1, 0.15) is 0 Å². The third kappa shape index (κ3) is 1.73. The number of nitrogens with zero attached hydrogens (tertiary/aromatic N) is 1. The normalized spacial score (nSPS) is 19.2. The molecule has 0 amide bonds. The molecule has 0 N–H and O–H groups in total. The molecule has 0 bridgehead atoms. The maximum absolute atomic E-state index is 4.32. The van der Waals surface area contributed by atoms with Gasteiger partial charge in [0, 0.05) is 5.41 Å². The predicted octanol–water partition coefficient (Wildman–Crippen LogP) is 1.69. The fraction of sp³-hybridized carbons (Fsp3) is 0.364. The van der Waals surface area contributed by atoms with E-state index in [4.69, 9.17) is 0 Å². The Morgan fingerprint density at radius 3 is 2.85 bits per heavy atom. The van der Waals surface area contributed by atoms with Crippen LogP contribution in [0, 0.1) is 5.41 Å². The largest absolute Gasteiger partial charge is 0.245 e. The molecule has 1 nitrogen and oxygen atoms in total. The van der Waals surface area contributed by atoms with Crippen LogP contribution in [0.2, 0.25) is 0 Å². The van der Waals surface area contributed by atoms with Gasteiger partial charge in [-0.15, -0.1) is 11.3 Å². The van der Waals surface area contributed by atoms with Crippen LogP contribution in [-0.2, 0) is 0 Å². The molecule has 1 heterocycles. The minimum Gasteiger partial charge on any atom is -0.245 e. The summed E-state index contributed by atoms with van der Waals surface area (Å²) in [6, 6.07) is 0. The van der Waals surface area contributed by atoms with Crippen LogP contribution in [0.15, 0.2) is 17.2 Å². The lowest BCUT2D eigenvalue weighted by Crippen LogP contribution is -2.22. The lowest BCUT2D eigenvalue weighted by molar-refractivity contribution is 0.668. The predicted molar refractivity (Wildman–Crippen MR) is 57.8 cm³/mol. The third-order valence-electron chi connectivity index (χ3n) is 2.09. The van der Waals surface area contributed by atoms with Crippen molar-refractivity contribution in [1.82, 2.24) is 4.98 Å². The molecular weight excluding hydrogens is 178 g/mol. The van der Waals surface area contributed by atoms with Crippen molar-refractivity contribution in [3.05, 3.63) is 27.0 Å². The molecule has 2 rings (SSSR count). The van der Waals surface area contributed by atoms with Crippen molar-refractivity contribution in [2.75, 3.05) is 0 Å². The average molecular weight is 191 g/mol. The van der Waals surface area contributed by atoms with Crippen LogP contribution in [0.25, 0.3) is 12.2 Å². The monoisotopic (exact) mass is 191 g/mol. The molecule has 1 aliphatic rings. The van der Waals surface area contributed by atoms with Gasteiger partial charge in [0.15, 0.2) is 0 Å². The Morgan fingerprint density at radius 1 is 1.31 bits per heavy atom. The van der Waals surface area contributed by atoms with Crippen molar-refractivity contribution in [2.45, 2.75) is 20.8 Å². The number of aromatic nitrogens is 1. The maximum atomic E-state index is 4.32. The third-order valence-corrected chi connectivity index (χ3v) is 2.88. The van der Waals surface area contributed by atoms with Crippen LogP contribution >= 0.6 is 11.3 Å². The van der Waals surface area contributed by atoms with Gasteiger partial charge in [0.2, 0.25) is 0 Å². The van der Waals surface area contributed by atoms with E-state index in [-0.39, 0.29) is 5.41 Å². The summed E-state index contributed by atoms with van der Waals surface area (Å²) in [7, 11) is 0. The summed E-state index contributed by atoms with van der Waals surface area (Å²) < 4.78 is 1.29. The van der Waals surface area contributed by atoms with Crippen LogP contribution < -0.4 is 9.88 Å². The summed E-state index contributed by atoms with van der Waals surface area (Å²) in [4.78, 5) is 4.32. The van der Waals surface area contributed by atoms with Crippen LogP contribution in [-0.4, -0.2) is 4.98 Å². The smallest absolute Gasteiger partial charge is 0.0811 e. The number of rotatable bonds is 0. The van der Waals surface area contributed by atoms with E-state index in [0.717, 1.165) is 5.35 Å². The van der Waals surface area contributed by atoms with Gasteiger partial charge in [-0.3, -0.25) is 0 Å². The first kappa shape index (κ1) is 8.70. The Hall–Kier alpha value is -0.890. The SMILES string of the molecule is CC1=CC(C)(C)C=c2scnc2=C1. The molecule has 0 aromatic carbocycles. The number of fused-ring (bicyclic) bond motifs is 1. The highest BCUT2D eigenvalue weighted by Crippen LogP contribution is 2.22. The van der Waals surface area contributed by atoms with E-state index in [1.54, 1.807) is 11.3 Å². The van der Waals surface area contributed by atoms with Crippen LogP contribution in [0.4, 0.5) is 0 Å². The molecule has 0 spiro atoms. The maximum Gasteiger partial charge on any atom is 0.0811 e. The van der Waals surface area contributed by atoms with E-state index in [0.29, 0.717) is 0 Å². The molecule has 0 saturated carbocycles. The molecule has 0 unspecified atom stereocenters. The molecule has 1 aliphatic carbocycles. The van der Waals surface area contributed by atoms with Gasteiger partial charge in [-0.1, -0.05) is 31.6 Å². The Kier molecular flexibility index (Phi) is 1.88. The second-order valence-corrected chi connectivity index (χ2v) is 4.99. The zero-order valence-corrected chi connectivity index (χ0v) is 8.98. The molecule has 0 radical (unpaired) electrons. The summed E-state index contributed by atoms with van der Waals surface area (Å²) in [6.07, 6.45) is 6.71. The van der Waals surface area contributed by atoms with Gasteiger partial charge in [-0.05, 0) is 13.0 Å². The molecule has 0 saturated heterocycles. The summed E-state index contributed by atoms with van der Waals surface area (Å²) in [5.41, 5.74) is 3.36. The topological polar surface area (TPSA) is 12.9 Å². The molecule has 1 aromatic heterocycles. The van der Waals surface area contributed by atoms with Crippen LogP contribution in [0.5, 0.6) is 0 Å². The first-order valence-electron chi connectivity index (χ1n) is 4.40. The number of thiazole rings is 1. The van der Waals surface area contributed by atoms with Crippen molar-refractivity contribution in [1.29, 1.82) is 0 Å². The summed E-state index contributed by atoms with van der Waals surface area (Å²) in [5, 5.41) is 1.12. The summed E-state index contributed by atoms with van der Waals surface area (Å²) in [6.45, 7) is 6.57. The standard InChI is InChI=1S/C11H13NS/c1-8-4-9-10(13-7-12-9)6-11(2,3)5-8/h4-7H,1-3H3. The Morgan fingerprint density at radius 2 is 2.08 bits per heavy atom. The van der Waals surface area contributed by atoms with Crippen molar-refractivity contribution in [3.63, 3.8) is 0 Å². The first-order chi connectivity index (χ1) is 6.07. The molecular formula is C11H13NS. The molecule has 2 heteroatoms. The van der Waals surface area contributed by atoms with Gasteiger partial charge < -0.3 is 0 Å². The van der Waals surface area contributed by atoms with Crippen LogP contribution in [0.3, 0.4) is 0 Å². The zero-order valence-electron chi connectivity index (χ0n) is 8.16. The Bertz CT molecular complexity index is 463. The van der Waals surface area contributed by atoms with Crippen molar-refractivity contribution < 1.29 is 0 Å². The van der Waals surface area contributed by atoms with Gasteiger partial charge in [-0.25, -0.2) is 4.98 Å². The lowest BCUT2D eigenvalue weighted by atomic mass is 9.92. The molecule has 1 aromatic rings. The van der Waals surface area contributed by atoms with Gasteiger partial charge >= 0.3 is 0 Å². The van der Waals surface area contributed by atoms with E-state index < -0.39 is 0 Å². The second-order valence-electron chi connectivity index (χ2n) is 4.10. The van der Waals surface area contributed by atoms with E-state index >= 15 is 0 Å². The minimum absolute atomic E-state index is 0.151. The Labute approximate surface area is 82.1 Å². The number of allylic oxidation sites excluding steroid dienone is 2. The summed E-state index contributed by atoms with van der Waals surface area (Å²) >= 11 is 1.71. The molecule has 0 aliphatic heterocycles. The number of hydrogen-bond donors (Lipinski definition) is 0. The highest BCUT2D eigenvalue weighted by Gasteiger charge is 2.13. The fourth-order valence-electron chi connectivity index (χ4n) is 1.70. The van der Waals surface area contributed by atoms with E-state index in [9.17, 15) is 0 Å². The second kappa shape index (κ2) is 2.81. The van der Waals surface area contributed by atoms with Gasteiger partial charge in [0.05, 0.1) is 15.4 Å². The van der Waals surface area contributed by atoms with Crippen molar-refractivity contribution in [3.8, 4) is 0 Å². The average Bonchev–Trinajstić information content (AvgIpc) is 2.30. The van der Waals surface area contributed by atoms with E-state index in [1.165, 1.54) is 10.1 Å². The minimum atomic E-state index is 0.151. The van der Waals surface area contributed by atoms with Gasteiger partial charge in [-0.2, -0.15) is 0 Å². The van der Waals surface area contributed by atoms with E-state index in [1.807, 2.05) is 5.51 Å². The molecule has 68 valence electrons. The van der Waals surface area contributed by atoms with Crippen molar-refractivity contribution >= 4 is 23.5 Å². The lowest BCUT2D eigenvalue weighted by Gasteiger charge is -2.13. The molecule has 13 heavy (non-hydrogen) atoms. The highest BCUT2D eigenvalue weighted by molar-refractivity contribution is 7.07. The molecule has 0 fully saturated rings. The molecule has 0 atom stereocenters. The fourth-order valence-corrected chi connectivity index (χ4v) is 2.59. The quantitative estimate of drug-likeness (QED) is 0.608. The van der Waals surface area contributed by atoms with Gasteiger partial charge in [0.25, 0.3) is 0 Å². The summed E-state index contributed by atoms with van der Waals surface area (Å²) in [5.74, 6) is 0. The van der Waals surface area contributed by atoms with E-state index in [2.05, 4.69) is 44.0 Å². The zero-order chi connectivity index (χ0) is 9.47. The first-order valence-corrected chi connectivity index (χ1v) is 5.28. The van der Waals surface area contributed by atoms with Crippen molar-refractivity contribution in [2.24, 2.45) is 5.41 Å². The highest BCUT2D eigenvalue weighted by atomic mass is 32.1. The van der Waals surface area contributed by atoms with Crippen LogP contribution in [0.1, 0.15) is 20.8 Å².